The zero-order valence-electron chi connectivity index (χ0n) is 18.6. The first kappa shape index (κ1) is 23.3. The summed E-state index contributed by atoms with van der Waals surface area (Å²) in [4.78, 5) is 4.77. The maximum atomic E-state index is 4.39. The Morgan fingerprint density at radius 3 is 2.19 bits per heavy atom. The first-order chi connectivity index (χ1) is 12.9. The van der Waals surface area contributed by atoms with E-state index in [2.05, 4.69) is 87.8 Å². The van der Waals surface area contributed by atoms with Gasteiger partial charge in [-0.2, -0.15) is 0 Å². The van der Waals surface area contributed by atoms with Crippen molar-refractivity contribution in [2.75, 3.05) is 45.6 Å². The van der Waals surface area contributed by atoms with Gasteiger partial charge in [0.2, 0.25) is 0 Å². The van der Waals surface area contributed by atoms with Crippen LogP contribution in [0.3, 0.4) is 0 Å². The van der Waals surface area contributed by atoms with Crippen molar-refractivity contribution in [1.29, 1.82) is 0 Å². The van der Waals surface area contributed by atoms with Gasteiger partial charge in [0.25, 0.3) is 0 Å². The van der Waals surface area contributed by atoms with E-state index in [1.54, 1.807) is 0 Å². The van der Waals surface area contributed by atoms with Gasteiger partial charge in [0.1, 0.15) is 0 Å². The minimum atomic E-state index is 0.985. The number of aryl methyl sites for hydroxylation is 1. The molecule has 0 aliphatic carbocycles. The lowest BCUT2D eigenvalue weighted by Crippen LogP contribution is -2.30. The molecule has 27 heavy (non-hydrogen) atoms. The molecule has 0 bridgehead atoms. The van der Waals surface area contributed by atoms with Crippen LogP contribution in [0.5, 0.6) is 0 Å². The van der Waals surface area contributed by atoms with E-state index in [0.717, 1.165) is 45.4 Å². The van der Waals surface area contributed by atoms with Crippen molar-refractivity contribution in [3.63, 3.8) is 0 Å². The van der Waals surface area contributed by atoms with Gasteiger partial charge in [-0.3, -0.25) is 0 Å². The van der Waals surface area contributed by atoms with Crippen molar-refractivity contribution in [1.82, 2.24) is 9.80 Å². The summed E-state index contributed by atoms with van der Waals surface area (Å²) in [5, 5.41) is 3.53. The van der Waals surface area contributed by atoms with Crippen molar-refractivity contribution in [3.8, 4) is 0 Å². The summed E-state index contributed by atoms with van der Waals surface area (Å²) >= 11 is 0. The topological polar surface area (TPSA) is 18.5 Å². The van der Waals surface area contributed by atoms with Crippen LogP contribution in [-0.2, 0) is 0 Å². The molecule has 0 aliphatic rings. The van der Waals surface area contributed by atoms with E-state index in [1.807, 2.05) is 0 Å². The highest BCUT2D eigenvalue weighted by Gasteiger charge is 2.10. The zero-order valence-corrected chi connectivity index (χ0v) is 18.6. The maximum Gasteiger partial charge on any atom is 0.0340 e. The normalized spacial score (nSPS) is 12.1. The van der Waals surface area contributed by atoms with Gasteiger partial charge in [-0.1, -0.05) is 50.6 Å². The number of likely N-dealkylation sites (N-methyl/N-ethyl adjacent to an activating group) is 1. The van der Waals surface area contributed by atoms with E-state index in [-0.39, 0.29) is 0 Å². The fraction of sp³-hybridized carbons (Fsp3) is 0.583. The number of hydrogen-bond donors (Lipinski definition) is 1. The molecule has 1 aromatic rings. The summed E-state index contributed by atoms with van der Waals surface area (Å²) in [5.41, 5.74) is 6.70. The standard InChI is InChI=1S/C24H41N3/c1-8-23(24(9-2)26(6)7)21(5)12-11-18-27(10-3)19-17-25-22-15-13-20(4)14-16-22/h13-16,25H,5,8-12,17-19H2,1-4,6-7H3/b24-23-. The van der Waals surface area contributed by atoms with Crippen LogP contribution in [-0.4, -0.2) is 50.1 Å². The van der Waals surface area contributed by atoms with E-state index < -0.39 is 0 Å². The molecular weight excluding hydrogens is 330 g/mol. The van der Waals surface area contributed by atoms with Gasteiger partial charge in [-0.15, -0.1) is 0 Å². The number of benzene rings is 1. The second-order valence-electron chi connectivity index (χ2n) is 7.46. The third-order valence-corrected chi connectivity index (χ3v) is 5.21. The molecule has 3 heteroatoms. The third kappa shape index (κ3) is 8.21. The molecule has 0 saturated carbocycles. The van der Waals surface area contributed by atoms with Crippen molar-refractivity contribution in [2.45, 2.75) is 53.4 Å². The fourth-order valence-electron chi connectivity index (χ4n) is 3.58. The quantitative estimate of drug-likeness (QED) is 0.449. The molecule has 152 valence electrons. The molecule has 1 aromatic carbocycles. The van der Waals surface area contributed by atoms with Crippen LogP contribution in [0.4, 0.5) is 5.69 Å². The van der Waals surface area contributed by atoms with Gasteiger partial charge in [0, 0.05) is 38.6 Å². The largest absolute Gasteiger partial charge is 0.384 e. The average molecular weight is 372 g/mol. The number of allylic oxidation sites excluding steroid dienone is 3. The highest BCUT2D eigenvalue weighted by Crippen LogP contribution is 2.24. The van der Waals surface area contributed by atoms with Gasteiger partial charge in [-0.05, 0) is 63.4 Å². The summed E-state index contributed by atoms with van der Waals surface area (Å²) < 4.78 is 0. The van der Waals surface area contributed by atoms with Crippen LogP contribution >= 0.6 is 0 Å². The van der Waals surface area contributed by atoms with Crippen LogP contribution in [0.2, 0.25) is 0 Å². The van der Waals surface area contributed by atoms with Crippen LogP contribution in [0, 0.1) is 6.92 Å². The third-order valence-electron chi connectivity index (χ3n) is 5.21. The first-order valence-corrected chi connectivity index (χ1v) is 10.5. The number of nitrogens with zero attached hydrogens (tertiary/aromatic N) is 2. The Labute approximate surface area is 168 Å². The molecule has 0 atom stereocenters. The second-order valence-corrected chi connectivity index (χ2v) is 7.46. The number of nitrogens with one attached hydrogen (secondary N) is 1. The SMILES string of the molecule is C=C(CCCN(CC)CCNc1ccc(C)cc1)/C(CC)=C(/CC)N(C)C. The first-order valence-electron chi connectivity index (χ1n) is 10.5. The predicted molar refractivity (Wildman–Crippen MR) is 121 cm³/mol. The highest BCUT2D eigenvalue weighted by atomic mass is 15.1. The van der Waals surface area contributed by atoms with Crippen LogP contribution in [0.15, 0.2) is 47.7 Å². The van der Waals surface area contributed by atoms with Gasteiger partial charge >= 0.3 is 0 Å². The summed E-state index contributed by atoms with van der Waals surface area (Å²) in [6, 6.07) is 8.62. The lowest BCUT2D eigenvalue weighted by atomic mass is 9.97. The molecule has 0 amide bonds. The predicted octanol–water partition coefficient (Wildman–Crippen LogP) is 5.70. The van der Waals surface area contributed by atoms with E-state index in [9.17, 15) is 0 Å². The lowest BCUT2D eigenvalue weighted by molar-refractivity contribution is 0.295. The van der Waals surface area contributed by atoms with Gasteiger partial charge < -0.3 is 15.1 Å². The second kappa shape index (κ2) is 12.6. The molecule has 0 fully saturated rings. The summed E-state index contributed by atoms with van der Waals surface area (Å²) in [5.74, 6) is 0. The molecule has 0 aromatic heterocycles. The minimum absolute atomic E-state index is 0.985. The van der Waals surface area contributed by atoms with Gasteiger partial charge in [0.15, 0.2) is 0 Å². The Morgan fingerprint density at radius 1 is 1.00 bits per heavy atom. The highest BCUT2D eigenvalue weighted by molar-refractivity contribution is 5.44. The summed E-state index contributed by atoms with van der Waals surface area (Å²) in [6.45, 7) is 17.5. The summed E-state index contributed by atoms with van der Waals surface area (Å²) in [7, 11) is 4.28. The molecule has 0 spiro atoms. The average Bonchev–Trinajstić information content (AvgIpc) is 2.65. The van der Waals surface area contributed by atoms with Gasteiger partial charge in [-0.25, -0.2) is 0 Å². The van der Waals surface area contributed by atoms with E-state index >= 15 is 0 Å². The van der Waals surface area contributed by atoms with Crippen molar-refractivity contribution in [2.24, 2.45) is 0 Å². The Bertz CT molecular complexity index is 584. The van der Waals surface area contributed by atoms with Crippen LogP contribution < -0.4 is 5.32 Å². The molecule has 0 radical (unpaired) electrons. The fourth-order valence-corrected chi connectivity index (χ4v) is 3.58. The minimum Gasteiger partial charge on any atom is -0.384 e. The smallest absolute Gasteiger partial charge is 0.0340 e. The Kier molecular flexibility index (Phi) is 10.9. The zero-order chi connectivity index (χ0) is 20.2. The molecular formula is C24H41N3. The van der Waals surface area contributed by atoms with Crippen molar-refractivity contribution >= 4 is 5.69 Å². The molecule has 1 N–H and O–H groups in total. The molecule has 0 heterocycles. The van der Waals surface area contributed by atoms with Crippen molar-refractivity contribution in [3.05, 3.63) is 53.3 Å². The number of anilines is 1. The molecule has 0 saturated heterocycles. The molecule has 1 rings (SSSR count). The Morgan fingerprint density at radius 2 is 1.67 bits per heavy atom. The van der Waals surface area contributed by atoms with Crippen molar-refractivity contribution < 1.29 is 0 Å². The monoisotopic (exact) mass is 371 g/mol. The van der Waals surface area contributed by atoms with Crippen LogP contribution in [0.25, 0.3) is 0 Å². The van der Waals surface area contributed by atoms with E-state index in [4.69, 9.17) is 0 Å². The number of rotatable bonds is 13. The molecule has 0 aliphatic heterocycles. The Hall–Kier alpha value is -1.74. The molecule has 0 unspecified atom stereocenters. The van der Waals surface area contributed by atoms with Gasteiger partial charge in [0.05, 0.1) is 0 Å². The molecule has 3 nitrogen and oxygen atoms in total. The van der Waals surface area contributed by atoms with E-state index in [0.29, 0.717) is 0 Å². The maximum absolute atomic E-state index is 4.39. The number of hydrogen-bond acceptors (Lipinski definition) is 3. The summed E-state index contributed by atoms with van der Waals surface area (Å²) in [6.07, 6.45) is 4.40. The lowest BCUT2D eigenvalue weighted by Gasteiger charge is -2.24. The van der Waals surface area contributed by atoms with Crippen LogP contribution in [0.1, 0.15) is 52.0 Å². The van der Waals surface area contributed by atoms with E-state index in [1.165, 1.54) is 34.5 Å². The Balaban J connectivity index is 2.43.